The van der Waals surface area contributed by atoms with Crippen LogP contribution in [0.5, 0.6) is 11.5 Å². The summed E-state index contributed by atoms with van der Waals surface area (Å²) >= 11 is 12.8. The molecule has 0 bridgehead atoms. The number of hydrogen-bond acceptors (Lipinski definition) is 5. The smallest absolute Gasteiger partial charge is 0.416 e. The number of aromatic nitrogens is 2. The summed E-state index contributed by atoms with van der Waals surface area (Å²) in [5.41, 5.74) is -2.18. The number of ether oxygens (including phenoxy) is 1. The van der Waals surface area contributed by atoms with E-state index in [2.05, 4.69) is 10.4 Å². The van der Waals surface area contributed by atoms with Crippen LogP contribution in [-0.4, -0.2) is 27.5 Å². The Balaban J connectivity index is 1.57. The maximum atomic E-state index is 14.2. The quantitative estimate of drug-likeness (QED) is 0.152. The average Bonchev–Trinajstić information content (AvgIpc) is 3.44. The number of carbonyl (C=O) groups excluding carboxylic acids is 3. The Bertz CT molecular complexity index is 2060. The lowest BCUT2D eigenvalue weighted by Crippen LogP contribution is -2.30. The van der Waals surface area contributed by atoms with Crippen LogP contribution in [0, 0.1) is 11.6 Å². The summed E-state index contributed by atoms with van der Waals surface area (Å²) in [6.45, 7) is 0. The Kier molecular flexibility index (Phi) is 7.25. The molecule has 45 heavy (non-hydrogen) atoms. The number of rotatable bonds is 5. The summed E-state index contributed by atoms with van der Waals surface area (Å²) in [6, 6.07) is 11.6. The molecule has 228 valence electrons. The SMILES string of the molecule is Cn1nc(N2C(=O)c3ccccc3C2=O)c2c(Oc3cc(F)ccc3Cl)c(NC(=O)c3cc(F)cc(C(F)(F)F)c3)cc(Cl)c21. The first kappa shape index (κ1) is 30.0. The van der Waals surface area contributed by atoms with Gasteiger partial charge in [-0.2, -0.15) is 18.3 Å². The highest BCUT2D eigenvalue weighted by Crippen LogP contribution is 2.47. The van der Waals surface area contributed by atoms with Crippen molar-refractivity contribution in [1.29, 1.82) is 0 Å². The largest absolute Gasteiger partial charge is 0.453 e. The van der Waals surface area contributed by atoms with Gasteiger partial charge in [-0.15, -0.1) is 0 Å². The number of carbonyl (C=O) groups is 3. The Morgan fingerprint density at radius 3 is 2.20 bits per heavy atom. The molecule has 6 rings (SSSR count). The van der Waals surface area contributed by atoms with Gasteiger partial charge >= 0.3 is 6.18 Å². The molecule has 0 unspecified atom stereocenters. The van der Waals surface area contributed by atoms with E-state index in [1.165, 1.54) is 29.9 Å². The zero-order valence-corrected chi connectivity index (χ0v) is 24.0. The molecule has 4 aromatic carbocycles. The molecule has 0 radical (unpaired) electrons. The van der Waals surface area contributed by atoms with Crippen LogP contribution in [0.15, 0.2) is 66.7 Å². The number of benzene rings is 4. The lowest BCUT2D eigenvalue weighted by molar-refractivity contribution is -0.137. The number of fused-ring (bicyclic) bond motifs is 2. The molecule has 0 saturated heterocycles. The number of nitrogens with one attached hydrogen (secondary N) is 1. The van der Waals surface area contributed by atoms with Gasteiger partial charge in [-0.1, -0.05) is 35.3 Å². The van der Waals surface area contributed by atoms with Crippen molar-refractivity contribution in [3.63, 3.8) is 0 Å². The fraction of sp³-hybridized carbons (Fsp3) is 0.0667. The third kappa shape index (κ3) is 5.23. The van der Waals surface area contributed by atoms with Crippen molar-refractivity contribution < 1.29 is 41.1 Å². The third-order valence-electron chi connectivity index (χ3n) is 6.84. The van der Waals surface area contributed by atoms with Gasteiger partial charge < -0.3 is 10.1 Å². The molecular weight excluding hydrogens is 646 g/mol. The maximum absolute atomic E-state index is 14.2. The van der Waals surface area contributed by atoms with Gasteiger partial charge in [-0.05, 0) is 48.5 Å². The second-order valence-electron chi connectivity index (χ2n) is 9.75. The molecule has 8 nitrogen and oxygen atoms in total. The minimum Gasteiger partial charge on any atom is -0.453 e. The molecule has 0 saturated carbocycles. The Morgan fingerprint density at radius 2 is 1.56 bits per heavy atom. The van der Waals surface area contributed by atoms with E-state index in [4.69, 9.17) is 27.9 Å². The van der Waals surface area contributed by atoms with Crippen LogP contribution in [0.3, 0.4) is 0 Å². The number of imide groups is 1. The molecule has 0 fully saturated rings. The highest BCUT2D eigenvalue weighted by Gasteiger charge is 2.40. The van der Waals surface area contributed by atoms with Crippen LogP contribution < -0.4 is 15.0 Å². The number of alkyl halides is 3. The number of halogens is 7. The van der Waals surface area contributed by atoms with Gasteiger partial charge in [0.2, 0.25) is 0 Å². The molecule has 1 aliphatic heterocycles. The van der Waals surface area contributed by atoms with Crippen molar-refractivity contribution in [2.24, 2.45) is 7.05 Å². The minimum atomic E-state index is -4.96. The summed E-state index contributed by atoms with van der Waals surface area (Å²) < 4.78 is 75.6. The molecule has 0 spiro atoms. The van der Waals surface area contributed by atoms with E-state index in [1.54, 1.807) is 12.1 Å². The van der Waals surface area contributed by atoms with E-state index in [1.807, 2.05) is 0 Å². The Labute approximate surface area is 259 Å². The Hall–Kier alpha value is -5.01. The van der Waals surface area contributed by atoms with E-state index in [-0.39, 0.29) is 61.1 Å². The van der Waals surface area contributed by atoms with Gasteiger partial charge in [0.1, 0.15) is 17.4 Å². The summed E-state index contributed by atoms with van der Waals surface area (Å²) in [7, 11) is 1.44. The third-order valence-corrected chi connectivity index (χ3v) is 7.44. The molecule has 0 atom stereocenters. The van der Waals surface area contributed by atoms with Crippen molar-refractivity contribution in [3.05, 3.63) is 111 Å². The molecule has 15 heteroatoms. The first-order valence-electron chi connectivity index (χ1n) is 12.7. The average molecular weight is 661 g/mol. The van der Waals surface area contributed by atoms with Gasteiger partial charge in [0.15, 0.2) is 11.6 Å². The number of nitrogens with zero attached hydrogens (tertiary/aromatic N) is 3. The minimum absolute atomic E-state index is 0.0825. The van der Waals surface area contributed by atoms with Crippen molar-refractivity contribution in [3.8, 4) is 11.5 Å². The zero-order valence-electron chi connectivity index (χ0n) is 22.5. The van der Waals surface area contributed by atoms with Gasteiger partial charge in [-0.3, -0.25) is 19.1 Å². The normalized spacial score (nSPS) is 13.0. The second kappa shape index (κ2) is 10.9. The first-order chi connectivity index (χ1) is 21.2. The second-order valence-corrected chi connectivity index (χ2v) is 10.6. The molecule has 2 heterocycles. The van der Waals surface area contributed by atoms with E-state index < -0.39 is 46.7 Å². The molecule has 3 amide bonds. The highest BCUT2D eigenvalue weighted by atomic mass is 35.5. The van der Waals surface area contributed by atoms with Crippen LogP contribution in [0.1, 0.15) is 36.6 Å². The predicted octanol–water partition coefficient (Wildman–Crippen LogP) is 8.02. The molecule has 1 aromatic heterocycles. The zero-order chi connectivity index (χ0) is 32.4. The van der Waals surface area contributed by atoms with E-state index in [0.717, 1.165) is 23.1 Å². The molecule has 5 aromatic rings. The number of anilines is 2. The summed E-state index contributed by atoms with van der Waals surface area (Å²) in [5.74, 6) is -5.71. The van der Waals surface area contributed by atoms with Gasteiger partial charge in [0, 0.05) is 18.7 Å². The van der Waals surface area contributed by atoms with Crippen LogP contribution in [0.2, 0.25) is 10.0 Å². The maximum Gasteiger partial charge on any atom is 0.416 e. The van der Waals surface area contributed by atoms with Crippen LogP contribution in [0.25, 0.3) is 10.9 Å². The molecule has 1 aliphatic rings. The van der Waals surface area contributed by atoms with Gasteiger partial charge in [-0.25, -0.2) is 13.7 Å². The van der Waals surface area contributed by atoms with E-state index in [0.29, 0.717) is 12.1 Å². The predicted molar refractivity (Wildman–Crippen MR) is 154 cm³/mol. The van der Waals surface area contributed by atoms with Crippen molar-refractivity contribution in [2.45, 2.75) is 6.18 Å². The number of hydrogen-bond donors (Lipinski definition) is 1. The molecule has 0 aliphatic carbocycles. The Morgan fingerprint density at radius 1 is 0.889 bits per heavy atom. The van der Waals surface area contributed by atoms with E-state index >= 15 is 0 Å². The highest BCUT2D eigenvalue weighted by molar-refractivity contribution is 6.39. The van der Waals surface area contributed by atoms with Crippen LogP contribution >= 0.6 is 23.2 Å². The topological polar surface area (TPSA) is 93.5 Å². The van der Waals surface area contributed by atoms with E-state index in [9.17, 15) is 36.3 Å². The summed E-state index contributed by atoms with van der Waals surface area (Å²) in [5, 5.41) is 6.35. The lowest BCUT2D eigenvalue weighted by atomic mass is 10.1. The van der Waals surface area contributed by atoms with Crippen molar-refractivity contribution in [2.75, 3.05) is 10.2 Å². The van der Waals surface area contributed by atoms with Gasteiger partial charge in [0.25, 0.3) is 17.7 Å². The standard InChI is InChI=1S/C30H15Cl2F5N4O4/c1-40-24-20(32)12-21(38-27(42)13-8-14(30(35,36)37)10-16(34)9-13)25(45-22-11-15(33)6-7-19(22)31)23(24)26(39-40)41-28(43)17-4-2-3-5-18(17)29(41)44/h2-12H,1H3,(H,38,42). The molecular formula is C30H15Cl2F5N4O4. The van der Waals surface area contributed by atoms with Crippen LogP contribution in [-0.2, 0) is 13.2 Å². The number of aryl methyl sites for hydroxylation is 1. The number of amides is 3. The van der Waals surface area contributed by atoms with Gasteiger partial charge in [0.05, 0.1) is 43.3 Å². The fourth-order valence-electron chi connectivity index (χ4n) is 4.87. The lowest BCUT2D eigenvalue weighted by Gasteiger charge is -2.18. The first-order valence-corrected chi connectivity index (χ1v) is 13.5. The van der Waals surface area contributed by atoms with Crippen molar-refractivity contribution in [1.82, 2.24) is 9.78 Å². The fourth-order valence-corrected chi connectivity index (χ4v) is 5.35. The summed E-state index contributed by atoms with van der Waals surface area (Å²) in [4.78, 5) is 40.9. The van der Waals surface area contributed by atoms with Crippen LogP contribution in [0.4, 0.5) is 33.5 Å². The monoisotopic (exact) mass is 660 g/mol. The van der Waals surface area contributed by atoms with Crippen molar-refractivity contribution >= 4 is 63.3 Å². The summed E-state index contributed by atoms with van der Waals surface area (Å²) in [6.07, 6.45) is -4.96. The molecule has 1 N–H and O–H groups in total.